The van der Waals surface area contributed by atoms with E-state index in [-0.39, 0.29) is 31.1 Å². The van der Waals surface area contributed by atoms with Crippen molar-refractivity contribution in [2.24, 2.45) is 0 Å². The molecule has 0 heterocycles. The monoisotopic (exact) mass is 1030 g/mol. The van der Waals surface area contributed by atoms with Crippen LogP contribution in [0.4, 0.5) is 0 Å². The topological polar surface area (TPSA) is 78.9 Å². The van der Waals surface area contributed by atoms with Gasteiger partial charge in [0.05, 0.1) is 0 Å². The first-order valence-corrected chi connectivity index (χ1v) is 32.3. The Hall–Kier alpha value is -2.89. The van der Waals surface area contributed by atoms with Crippen molar-refractivity contribution in [3.8, 4) is 0 Å². The average Bonchev–Trinajstić information content (AvgIpc) is 3.40. The van der Waals surface area contributed by atoms with Gasteiger partial charge in [-0.3, -0.25) is 14.4 Å². The molecule has 0 aliphatic heterocycles. The van der Waals surface area contributed by atoms with E-state index in [0.717, 1.165) is 96.3 Å². The molecule has 0 bridgehead atoms. The van der Waals surface area contributed by atoms with Crippen LogP contribution >= 0.6 is 0 Å². The molecule has 0 fully saturated rings. The molecule has 74 heavy (non-hydrogen) atoms. The lowest BCUT2D eigenvalue weighted by atomic mass is 10.0. The van der Waals surface area contributed by atoms with Crippen LogP contribution in [0.5, 0.6) is 0 Å². The van der Waals surface area contributed by atoms with E-state index in [9.17, 15) is 14.4 Å². The number of esters is 3. The quantitative estimate of drug-likeness (QED) is 0.0261. The van der Waals surface area contributed by atoms with E-state index >= 15 is 0 Å². The highest BCUT2D eigenvalue weighted by molar-refractivity contribution is 5.71. The summed E-state index contributed by atoms with van der Waals surface area (Å²) in [6.07, 6.45) is 79.6. The van der Waals surface area contributed by atoms with Gasteiger partial charge in [-0.05, 0) is 77.0 Å². The highest BCUT2D eigenvalue weighted by Gasteiger charge is 2.19. The second kappa shape index (κ2) is 62.6. The lowest BCUT2D eigenvalue weighted by Crippen LogP contribution is -2.30. The first kappa shape index (κ1) is 71.1. The van der Waals surface area contributed by atoms with Crippen LogP contribution in [0.3, 0.4) is 0 Å². The summed E-state index contributed by atoms with van der Waals surface area (Å²) in [5, 5.41) is 0. The highest BCUT2D eigenvalue weighted by Crippen LogP contribution is 2.18. The van der Waals surface area contributed by atoms with E-state index in [1.54, 1.807) is 0 Å². The molecule has 0 amide bonds. The number of unbranched alkanes of at least 4 members (excludes halogenated alkanes) is 38. The van der Waals surface area contributed by atoms with Crippen LogP contribution in [0.25, 0.3) is 0 Å². The van der Waals surface area contributed by atoms with Gasteiger partial charge in [-0.25, -0.2) is 0 Å². The molecule has 0 aliphatic carbocycles. The second-order valence-electron chi connectivity index (χ2n) is 21.6. The zero-order chi connectivity index (χ0) is 53.6. The second-order valence-corrected chi connectivity index (χ2v) is 21.6. The number of ether oxygens (including phenoxy) is 3. The summed E-state index contributed by atoms with van der Waals surface area (Å²) in [6.45, 7) is 6.51. The first-order valence-electron chi connectivity index (χ1n) is 32.3. The fraction of sp³-hybridized carbons (Fsp3) is 0.809. The van der Waals surface area contributed by atoms with Crippen molar-refractivity contribution in [3.63, 3.8) is 0 Å². The Bertz CT molecular complexity index is 1330. The van der Waals surface area contributed by atoms with Gasteiger partial charge in [0.25, 0.3) is 0 Å². The molecule has 0 rings (SSSR count). The molecule has 6 nitrogen and oxygen atoms in total. The van der Waals surface area contributed by atoms with Gasteiger partial charge < -0.3 is 14.2 Å². The van der Waals surface area contributed by atoms with Gasteiger partial charge in [0.1, 0.15) is 13.2 Å². The molecule has 1 unspecified atom stereocenters. The molecule has 0 N–H and O–H groups in total. The van der Waals surface area contributed by atoms with Crippen molar-refractivity contribution in [1.82, 2.24) is 0 Å². The number of hydrogen-bond donors (Lipinski definition) is 0. The molecule has 0 radical (unpaired) electrons. The number of carbonyl (C=O) groups excluding carboxylic acids is 3. The molecule has 6 heteroatoms. The third-order valence-electron chi connectivity index (χ3n) is 14.2. The molecule has 0 spiro atoms. The van der Waals surface area contributed by atoms with Crippen molar-refractivity contribution < 1.29 is 28.6 Å². The average molecular weight is 1040 g/mol. The van der Waals surface area contributed by atoms with Gasteiger partial charge in [0.15, 0.2) is 6.10 Å². The predicted molar refractivity (Wildman–Crippen MR) is 321 cm³/mol. The van der Waals surface area contributed by atoms with Crippen molar-refractivity contribution in [2.75, 3.05) is 13.2 Å². The summed E-state index contributed by atoms with van der Waals surface area (Å²) in [7, 11) is 0. The van der Waals surface area contributed by atoms with Crippen LogP contribution in [0.15, 0.2) is 60.8 Å². The summed E-state index contributed by atoms with van der Waals surface area (Å²) in [5.74, 6) is -0.868. The molecule has 0 saturated carbocycles. The third-order valence-corrected chi connectivity index (χ3v) is 14.2. The standard InChI is InChI=1S/C68H122O6/c1-4-7-10-13-16-19-22-24-26-28-30-32-33-34-35-37-38-40-42-44-46-49-52-55-58-61-67(70)73-64-65(63-72-66(69)60-57-54-51-48-21-18-15-12-9-6-3)74-68(71)62-59-56-53-50-47-45-43-41-39-36-31-29-27-25-23-20-17-14-11-8-5-2/h7,10,12,15-16,19,24,26,30,32,65H,4-6,8-9,11,13-14,17-18,20-23,25,27-29,31,33-64H2,1-3H3/b10-7-,15-12-,19-16-,26-24-,32-30-. The molecule has 430 valence electrons. The van der Waals surface area contributed by atoms with Gasteiger partial charge in [-0.1, -0.05) is 300 Å². The Labute approximate surface area is 460 Å². The van der Waals surface area contributed by atoms with E-state index in [0.29, 0.717) is 19.3 Å². The van der Waals surface area contributed by atoms with Crippen molar-refractivity contribution in [3.05, 3.63) is 60.8 Å². The molecule has 0 aromatic heterocycles. The van der Waals surface area contributed by atoms with Crippen LogP contribution in [0.2, 0.25) is 0 Å². The molecular weight excluding hydrogens is 913 g/mol. The number of hydrogen-bond acceptors (Lipinski definition) is 6. The largest absolute Gasteiger partial charge is 0.462 e. The van der Waals surface area contributed by atoms with E-state index in [4.69, 9.17) is 14.2 Å². The van der Waals surface area contributed by atoms with Crippen LogP contribution < -0.4 is 0 Å². The van der Waals surface area contributed by atoms with Gasteiger partial charge >= 0.3 is 17.9 Å². The molecule has 0 saturated heterocycles. The number of carbonyl (C=O) groups is 3. The lowest BCUT2D eigenvalue weighted by molar-refractivity contribution is -0.167. The van der Waals surface area contributed by atoms with Gasteiger partial charge in [-0.15, -0.1) is 0 Å². The summed E-state index contributed by atoms with van der Waals surface area (Å²) in [4.78, 5) is 38.2. The van der Waals surface area contributed by atoms with Crippen LogP contribution in [0.1, 0.15) is 335 Å². The third kappa shape index (κ3) is 60.0. The predicted octanol–water partition coefficient (Wildman–Crippen LogP) is 21.9. The summed E-state index contributed by atoms with van der Waals surface area (Å²) < 4.78 is 16.9. The summed E-state index contributed by atoms with van der Waals surface area (Å²) in [6, 6.07) is 0. The van der Waals surface area contributed by atoms with Gasteiger partial charge in [0, 0.05) is 19.3 Å². The van der Waals surface area contributed by atoms with Crippen LogP contribution in [-0.2, 0) is 28.6 Å². The fourth-order valence-corrected chi connectivity index (χ4v) is 9.44. The maximum Gasteiger partial charge on any atom is 0.306 e. The smallest absolute Gasteiger partial charge is 0.306 e. The Morgan fingerprint density at radius 2 is 0.554 bits per heavy atom. The fourth-order valence-electron chi connectivity index (χ4n) is 9.44. The van der Waals surface area contributed by atoms with Crippen molar-refractivity contribution >= 4 is 17.9 Å². The van der Waals surface area contributed by atoms with Crippen LogP contribution in [0, 0.1) is 0 Å². The molecule has 0 aliphatic rings. The van der Waals surface area contributed by atoms with Gasteiger partial charge in [0.2, 0.25) is 0 Å². The number of rotatable bonds is 59. The van der Waals surface area contributed by atoms with E-state index in [2.05, 4.69) is 81.5 Å². The highest BCUT2D eigenvalue weighted by atomic mass is 16.6. The molecule has 1 atom stereocenters. The molecule has 0 aromatic carbocycles. The van der Waals surface area contributed by atoms with E-state index in [1.165, 1.54) is 199 Å². The van der Waals surface area contributed by atoms with Crippen molar-refractivity contribution in [1.29, 1.82) is 0 Å². The van der Waals surface area contributed by atoms with Gasteiger partial charge in [-0.2, -0.15) is 0 Å². The lowest BCUT2D eigenvalue weighted by Gasteiger charge is -2.18. The zero-order valence-electron chi connectivity index (χ0n) is 49.4. The van der Waals surface area contributed by atoms with Crippen molar-refractivity contribution in [2.45, 2.75) is 341 Å². The SMILES string of the molecule is CC/C=C\C/C=C\C/C=C\C/C=C\CCCCCCCCCCCCCCC(=O)OCC(COC(=O)CCCCCCC/C=C\CCC)OC(=O)CCCCCCCCCCCCCCCCCCCCCCC. The minimum Gasteiger partial charge on any atom is -0.462 e. The zero-order valence-corrected chi connectivity index (χ0v) is 49.4. The summed E-state index contributed by atoms with van der Waals surface area (Å²) in [5.41, 5.74) is 0. The van der Waals surface area contributed by atoms with E-state index < -0.39 is 6.10 Å². The Morgan fingerprint density at radius 1 is 0.284 bits per heavy atom. The Balaban J connectivity index is 4.20. The molecular formula is C68H122O6. The molecule has 0 aromatic rings. The van der Waals surface area contributed by atoms with Crippen LogP contribution in [-0.4, -0.2) is 37.2 Å². The minimum absolute atomic E-state index is 0.0743. The first-order chi connectivity index (χ1) is 36.5. The maximum absolute atomic E-state index is 12.9. The minimum atomic E-state index is -0.776. The Kier molecular flexibility index (Phi) is 60.2. The Morgan fingerprint density at radius 3 is 0.892 bits per heavy atom. The number of allylic oxidation sites excluding steroid dienone is 10. The summed E-state index contributed by atoms with van der Waals surface area (Å²) >= 11 is 0. The van der Waals surface area contributed by atoms with E-state index in [1.807, 2.05) is 0 Å². The normalized spacial score (nSPS) is 12.4. The maximum atomic E-state index is 12.9.